The lowest BCUT2D eigenvalue weighted by Gasteiger charge is -2.07. The molecule has 0 aliphatic heterocycles. The van der Waals surface area contributed by atoms with Crippen molar-refractivity contribution in [1.82, 2.24) is 10.3 Å². The molecule has 0 aromatic carbocycles. The Morgan fingerprint density at radius 1 is 1.67 bits per heavy atom. The molecule has 1 heterocycles. The number of nitrogens with two attached hydrogens (primary N) is 1. The lowest BCUT2D eigenvalue weighted by Crippen LogP contribution is -2.27. The zero-order valence-corrected chi connectivity index (χ0v) is 9.34. The fourth-order valence-corrected chi connectivity index (χ4v) is 1.48. The van der Waals surface area contributed by atoms with E-state index in [-0.39, 0.29) is 17.3 Å². The first-order valence-corrected chi connectivity index (χ1v) is 5.29. The third kappa shape index (κ3) is 2.09. The van der Waals surface area contributed by atoms with Gasteiger partial charge in [-0.1, -0.05) is 0 Å². The summed E-state index contributed by atoms with van der Waals surface area (Å²) in [6.07, 6.45) is 3.11. The first-order valence-electron chi connectivity index (χ1n) is 4.50. The molecule has 0 bridgehead atoms. The summed E-state index contributed by atoms with van der Waals surface area (Å²) in [6, 6.07) is 0.162. The Morgan fingerprint density at radius 2 is 2.33 bits per heavy atom. The van der Waals surface area contributed by atoms with Crippen molar-refractivity contribution in [3.8, 4) is 0 Å². The molecule has 1 amide bonds. The molecule has 2 rings (SSSR count). The average Bonchev–Trinajstić information content (AvgIpc) is 2.96. The number of rotatable bonds is 2. The summed E-state index contributed by atoms with van der Waals surface area (Å²) < 4.78 is 13.7. The molecule has 1 fully saturated rings. The number of hydrogen-bond donors (Lipinski definition) is 2. The van der Waals surface area contributed by atoms with Crippen LogP contribution in [-0.2, 0) is 0 Å². The topological polar surface area (TPSA) is 68.0 Å². The van der Waals surface area contributed by atoms with Gasteiger partial charge in [0.2, 0.25) is 5.95 Å². The number of hydrogen-bond acceptors (Lipinski definition) is 3. The van der Waals surface area contributed by atoms with Gasteiger partial charge in [0.25, 0.3) is 5.91 Å². The lowest BCUT2D eigenvalue weighted by atomic mass is 10.2. The number of nitrogens with zero attached hydrogens (tertiary/aromatic N) is 1. The molecule has 3 N–H and O–H groups in total. The van der Waals surface area contributed by atoms with Gasteiger partial charge in [-0.05, 0) is 28.8 Å². The van der Waals surface area contributed by atoms with Crippen LogP contribution in [0.1, 0.15) is 23.2 Å². The highest BCUT2D eigenvalue weighted by molar-refractivity contribution is 9.10. The molecule has 1 saturated carbocycles. The molecular formula is C9H9BrFN3O. The molecule has 1 aliphatic rings. The second-order valence-electron chi connectivity index (χ2n) is 3.43. The summed E-state index contributed by atoms with van der Waals surface area (Å²) in [7, 11) is 0. The Balaban J connectivity index is 2.32. The normalized spacial score (nSPS) is 15.1. The standard InChI is InChI=1S/C9H9BrFN3O/c10-5-3-13-8(11)6(7(5)12)9(15)14-4-1-2-4/h3-4H,1-2H2,(H2,12,13)(H,14,15). The van der Waals surface area contributed by atoms with Crippen molar-refractivity contribution < 1.29 is 9.18 Å². The molecule has 1 aliphatic carbocycles. The number of pyridine rings is 1. The van der Waals surface area contributed by atoms with Crippen molar-refractivity contribution in [2.75, 3.05) is 5.73 Å². The van der Waals surface area contributed by atoms with Crippen molar-refractivity contribution >= 4 is 27.5 Å². The van der Waals surface area contributed by atoms with E-state index in [1.54, 1.807) is 0 Å². The number of carbonyl (C=O) groups is 1. The van der Waals surface area contributed by atoms with Crippen molar-refractivity contribution in [3.63, 3.8) is 0 Å². The quantitative estimate of drug-likeness (QED) is 0.802. The number of nitrogens with one attached hydrogen (secondary N) is 1. The minimum absolute atomic E-state index is 0.0839. The van der Waals surface area contributed by atoms with Crippen LogP contribution in [0.3, 0.4) is 0 Å². The largest absolute Gasteiger partial charge is 0.397 e. The zero-order chi connectivity index (χ0) is 11.0. The van der Waals surface area contributed by atoms with Crippen LogP contribution in [0.15, 0.2) is 10.7 Å². The highest BCUT2D eigenvalue weighted by atomic mass is 79.9. The molecule has 4 nitrogen and oxygen atoms in total. The molecular weight excluding hydrogens is 265 g/mol. The van der Waals surface area contributed by atoms with Crippen molar-refractivity contribution in [2.45, 2.75) is 18.9 Å². The monoisotopic (exact) mass is 273 g/mol. The molecule has 1 aromatic heterocycles. The fourth-order valence-electron chi connectivity index (χ4n) is 1.18. The first kappa shape index (κ1) is 10.4. The van der Waals surface area contributed by atoms with Gasteiger partial charge in [0.05, 0.1) is 10.2 Å². The molecule has 0 unspecified atom stereocenters. The van der Waals surface area contributed by atoms with Gasteiger partial charge in [0.15, 0.2) is 0 Å². The van der Waals surface area contributed by atoms with Crippen LogP contribution in [-0.4, -0.2) is 16.9 Å². The lowest BCUT2D eigenvalue weighted by molar-refractivity contribution is 0.0947. The summed E-state index contributed by atoms with van der Waals surface area (Å²) in [6.45, 7) is 0. The van der Waals surface area contributed by atoms with Crippen LogP contribution in [0.5, 0.6) is 0 Å². The van der Waals surface area contributed by atoms with Crippen LogP contribution >= 0.6 is 15.9 Å². The summed E-state index contributed by atoms with van der Waals surface area (Å²) >= 11 is 3.10. The van der Waals surface area contributed by atoms with E-state index in [0.29, 0.717) is 4.47 Å². The van der Waals surface area contributed by atoms with Gasteiger partial charge in [-0.25, -0.2) is 4.98 Å². The molecule has 0 spiro atoms. The third-order valence-corrected chi connectivity index (χ3v) is 2.80. The molecule has 80 valence electrons. The van der Waals surface area contributed by atoms with E-state index in [2.05, 4.69) is 26.2 Å². The van der Waals surface area contributed by atoms with E-state index in [1.165, 1.54) is 6.20 Å². The van der Waals surface area contributed by atoms with Gasteiger partial charge in [0.1, 0.15) is 5.56 Å². The smallest absolute Gasteiger partial charge is 0.258 e. The SMILES string of the molecule is Nc1c(Br)cnc(F)c1C(=O)NC1CC1. The number of amides is 1. The second kappa shape index (κ2) is 3.77. The Kier molecular flexibility index (Phi) is 2.60. The van der Waals surface area contributed by atoms with Crippen molar-refractivity contribution in [3.05, 3.63) is 22.2 Å². The molecule has 6 heteroatoms. The van der Waals surface area contributed by atoms with Gasteiger partial charge < -0.3 is 11.1 Å². The maximum Gasteiger partial charge on any atom is 0.258 e. The van der Waals surface area contributed by atoms with Crippen molar-refractivity contribution in [2.24, 2.45) is 0 Å². The zero-order valence-electron chi connectivity index (χ0n) is 7.76. The second-order valence-corrected chi connectivity index (χ2v) is 4.29. The van der Waals surface area contributed by atoms with Crippen LogP contribution in [0, 0.1) is 5.95 Å². The fraction of sp³-hybridized carbons (Fsp3) is 0.333. The molecule has 0 radical (unpaired) electrons. The Bertz CT molecular complexity index is 420. The van der Waals surface area contributed by atoms with Gasteiger partial charge >= 0.3 is 0 Å². The maximum atomic E-state index is 13.3. The highest BCUT2D eigenvalue weighted by Gasteiger charge is 2.27. The Labute approximate surface area is 94.2 Å². The first-order chi connectivity index (χ1) is 7.09. The van der Waals surface area contributed by atoms with Crippen molar-refractivity contribution in [1.29, 1.82) is 0 Å². The summed E-state index contributed by atoms with van der Waals surface area (Å²) in [4.78, 5) is 15.0. The summed E-state index contributed by atoms with van der Waals surface area (Å²) in [5, 5.41) is 2.66. The third-order valence-electron chi connectivity index (χ3n) is 2.16. The molecule has 1 aromatic rings. The molecule has 0 saturated heterocycles. The Morgan fingerprint density at radius 3 is 2.93 bits per heavy atom. The van der Waals surface area contributed by atoms with E-state index < -0.39 is 11.9 Å². The molecule has 15 heavy (non-hydrogen) atoms. The van der Waals surface area contributed by atoms with E-state index in [1.807, 2.05) is 0 Å². The number of aromatic nitrogens is 1. The van der Waals surface area contributed by atoms with E-state index in [0.717, 1.165) is 12.8 Å². The number of halogens is 2. The van der Waals surface area contributed by atoms with Gasteiger partial charge in [0, 0.05) is 12.2 Å². The average molecular weight is 274 g/mol. The van der Waals surface area contributed by atoms with Crippen LogP contribution in [0.4, 0.5) is 10.1 Å². The van der Waals surface area contributed by atoms with E-state index in [4.69, 9.17) is 5.73 Å². The Hall–Kier alpha value is -1.17. The van der Waals surface area contributed by atoms with Crippen LogP contribution in [0.2, 0.25) is 0 Å². The van der Waals surface area contributed by atoms with E-state index >= 15 is 0 Å². The maximum absolute atomic E-state index is 13.3. The van der Waals surface area contributed by atoms with Crippen LogP contribution < -0.4 is 11.1 Å². The van der Waals surface area contributed by atoms with Gasteiger partial charge in [-0.2, -0.15) is 4.39 Å². The number of carbonyl (C=O) groups excluding carboxylic acids is 1. The van der Waals surface area contributed by atoms with Gasteiger partial charge in [-0.15, -0.1) is 0 Å². The molecule has 0 atom stereocenters. The predicted molar refractivity (Wildman–Crippen MR) is 56.8 cm³/mol. The highest BCUT2D eigenvalue weighted by Crippen LogP contribution is 2.25. The summed E-state index contributed by atoms with van der Waals surface area (Å²) in [5.74, 6) is -1.34. The van der Waals surface area contributed by atoms with Crippen LogP contribution in [0.25, 0.3) is 0 Å². The minimum Gasteiger partial charge on any atom is -0.397 e. The summed E-state index contributed by atoms with van der Waals surface area (Å²) in [5.41, 5.74) is 5.49. The van der Waals surface area contributed by atoms with Gasteiger partial charge in [-0.3, -0.25) is 4.79 Å². The van der Waals surface area contributed by atoms with E-state index in [9.17, 15) is 9.18 Å². The number of anilines is 1. The minimum atomic E-state index is -0.839. The predicted octanol–water partition coefficient (Wildman–Crippen LogP) is 1.46. The number of nitrogen functional groups attached to an aromatic ring is 1.